The SMILES string of the molecule is CCC(Br)C(=O)NCC(C)(C)SC. The Labute approximate surface area is 93.4 Å². The number of carbonyl (C=O) groups excluding carboxylic acids is 1. The van der Waals surface area contributed by atoms with Gasteiger partial charge in [-0.05, 0) is 26.5 Å². The second kappa shape index (κ2) is 5.91. The zero-order chi connectivity index (χ0) is 10.5. The van der Waals surface area contributed by atoms with Crippen LogP contribution in [0.3, 0.4) is 0 Å². The quantitative estimate of drug-likeness (QED) is 0.776. The summed E-state index contributed by atoms with van der Waals surface area (Å²) in [7, 11) is 0. The van der Waals surface area contributed by atoms with Crippen molar-refractivity contribution in [1.29, 1.82) is 0 Å². The number of rotatable bonds is 5. The van der Waals surface area contributed by atoms with Crippen LogP contribution in [0.5, 0.6) is 0 Å². The number of hydrogen-bond donors (Lipinski definition) is 1. The Morgan fingerprint density at radius 1 is 1.62 bits per heavy atom. The predicted molar refractivity (Wildman–Crippen MR) is 63.6 cm³/mol. The Balaban J connectivity index is 3.83. The van der Waals surface area contributed by atoms with Crippen LogP contribution in [0, 0.1) is 0 Å². The van der Waals surface area contributed by atoms with Gasteiger partial charge in [0.25, 0.3) is 0 Å². The standard InChI is InChI=1S/C9H18BrNOS/c1-5-7(10)8(12)11-6-9(2,3)13-4/h7H,5-6H2,1-4H3,(H,11,12). The third-order valence-corrected chi connectivity index (χ3v) is 4.20. The van der Waals surface area contributed by atoms with E-state index in [1.165, 1.54) is 0 Å². The van der Waals surface area contributed by atoms with Gasteiger partial charge in [0.1, 0.15) is 0 Å². The minimum absolute atomic E-state index is 0.0508. The molecule has 0 aliphatic rings. The highest BCUT2D eigenvalue weighted by Crippen LogP contribution is 2.19. The number of alkyl halides is 1. The van der Waals surface area contributed by atoms with Crippen LogP contribution in [-0.2, 0) is 4.79 Å². The van der Waals surface area contributed by atoms with E-state index in [4.69, 9.17) is 0 Å². The molecule has 0 spiro atoms. The van der Waals surface area contributed by atoms with Gasteiger partial charge in [-0.3, -0.25) is 4.79 Å². The largest absolute Gasteiger partial charge is 0.354 e. The summed E-state index contributed by atoms with van der Waals surface area (Å²) in [4.78, 5) is 11.3. The highest BCUT2D eigenvalue weighted by molar-refractivity contribution is 9.10. The summed E-state index contributed by atoms with van der Waals surface area (Å²) >= 11 is 5.07. The van der Waals surface area contributed by atoms with E-state index in [0.29, 0.717) is 0 Å². The molecule has 1 atom stereocenters. The molecule has 0 rings (SSSR count). The lowest BCUT2D eigenvalue weighted by Crippen LogP contribution is -2.39. The lowest BCUT2D eigenvalue weighted by Gasteiger charge is -2.22. The minimum Gasteiger partial charge on any atom is -0.354 e. The lowest BCUT2D eigenvalue weighted by atomic mass is 10.2. The van der Waals surface area contributed by atoms with E-state index in [0.717, 1.165) is 13.0 Å². The van der Waals surface area contributed by atoms with Crippen molar-refractivity contribution in [3.63, 3.8) is 0 Å². The van der Waals surface area contributed by atoms with Gasteiger partial charge < -0.3 is 5.32 Å². The van der Waals surface area contributed by atoms with Gasteiger partial charge in [0.05, 0.1) is 4.83 Å². The molecule has 0 aromatic carbocycles. The molecular weight excluding hydrogens is 250 g/mol. The van der Waals surface area contributed by atoms with Crippen molar-refractivity contribution in [2.24, 2.45) is 0 Å². The molecule has 1 N–H and O–H groups in total. The van der Waals surface area contributed by atoms with Crippen molar-refractivity contribution in [2.75, 3.05) is 12.8 Å². The van der Waals surface area contributed by atoms with Crippen molar-refractivity contribution in [2.45, 2.75) is 36.8 Å². The molecule has 2 nitrogen and oxygen atoms in total. The molecule has 0 aliphatic heterocycles. The average molecular weight is 268 g/mol. The normalized spacial score (nSPS) is 13.9. The van der Waals surface area contributed by atoms with Gasteiger partial charge in [-0.2, -0.15) is 11.8 Å². The monoisotopic (exact) mass is 267 g/mol. The first-order chi connectivity index (χ1) is 5.93. The second-order valence-corrected chi connectivity index (χ2v) is 6.18. The van der Waals surface area contributed by atoms with E-state index in [1.54, 1.807) is 11.8 Å². The summed E-state index contributed by atoms with van der Waals surface area (Å²) in [6, 6.07) is 0. The molecule has 0 aliphatic carbocycles. The minimum atomic E-state index is -0.0508. The zero-order valence-corrected chi connectivity index (χ0v) is 11.1. The van der Waals surface area contributed by atoms with Crippen molar-refractivity contribution >= 4 is 33.6 Å². The number of hydrogen-bond acceptors (Lipinski definition) is 2. The van der Waals surface area contributed by atoms with Crippen LogP contribution in [0.1, 0.15) is 27.2 Å². The fraction of sp³-hybridized carbons (Fsp3) is 0.889. The summed E-state index contributed by atoms with van der Waals surface area (Å²) in [5.41, 5.74) is 0. The predicted octanol–water partition coefficient (Wildman–Crippen LogP) is 2.42. The van der Waals surface area contributed by atoms with E-state index in [9.17, 15) is 4.79 Å². The van der Waals surface area contributed by atoms with Crippen LogP contribution in [0.2, 0.25) is 0 Å². The van der Waals surface area contributed by atoms with Gasteiger partial charge in [0.15, 0.2) is 0 Å². The van der Waals surface area contributed by atoms with Crippen molar-refractivity contribution in [3.8, 4) is 0 Å². The topological polar surface area (TPSA) is 29.1 Å². The smallest absolute Gasteiger partial charge is 0.233 e. The summed E-state index contributed by atoms with van der Waals surface area (Å²) in [5, 5.41) is 2.92. The van der Waals surface area contributed by atoms with Crippen LogP contribution in [-0.4, -0.2) is 28.3 Å². The molecular formula is C9H18BrNOS. The molecule has 0 aromatic heterocycles. The van der Waals surface area contributed by atoms with E-state index in [-0.39, 0.29) is 15.5 Å². The number of amides is 1. The molecule has 4 heteroatoms. The van der Waals surface area contributed by atoms with Crippen LogP contribution >= 0.6 is 27.7 Å². The molecule has 1 unspecified atom stereocenters. The number of carbonyl (C=O) groups is 1. The Kier molecular flexibility index (Phi) is 6.05. The summed E-state index contributed by atoms with van der Waals surface area (Å²) < 4.78 is 0.121. The summed E-state index contributed by atoms with van der Waals surface area (Å²) in [6.07, 6.45) is 2.88. The first-order valence-electron chi connectivity index (χ1n) is 4.40. The fourth-order valence-electron chi connectivity index (χ4n) is 0.668. The molecule has 0 saturated heterocycles. The van der Waals surface area contributed by atoms with E-state index >= 15 is 0 Å². The fourth-order valence-corrected chi connectivity index (χ4v) is 1.05. The lowest BCUT2D eigenvalue weighted by molar-refractivity contribution is -0.120. The Morgan fingerprint density at radius 2 is 2.15 bits per heavy atom. The van der Waals surface area contributed by atoms with E-state index in [1.807, 2.05) is 6.92 Å². The van der Waals surface area contributed by atoms with Crippen LogP contribution in [0.15, 0.2) is 0 Å². The maximum atomic E-state index is 11.4. The van der Waals surface area contributed by atoms with Gasteiger partial charge in [0, 0.05) is 11.3 Å². The molecule has 0 saturated carbocycles. The molecule has 78 valence electrons. The molecule has 0 aromatic rings. The first kappa shape index (κ1) is 13.3. The van der Waals surface area contributed by atoms with Crippen molar-refractivity contribution in [1.82, 2.24) is 5.32 Å². The first-order valence-corrected chi connectivity index (χ1v) is 6.54. The third-order valence-electron chi connectivity index (χ3n) is 1.88. The summed E-state index contributed by atoms with van der Waals surface area (Å²) in [6.45, 7) is 6.94. The molecule has 13 heavy (non-hydrogen) atoms. The van der Waals surface area contributed by atoms with Crippen molar-refractivity contribution in [3.05, 3.63) is 0 Å². The summed E-state index contributed by atoms with van der Waals surface area (Å²) in [5.74, 6) is 0.0876. The van der Waals surface area contributed by atoms with Crippen LogP contribution in [0.25, 0.3) is 0 Å². The zero-order valence-electron chi connectivity index (χ0n) is 8.69. The molecule has 0 fully saturated rings. The molecule has 1 amide bonds. The van der Waals surface area contributed by atoms with Gasteiger partial charge in [-0.15, -0.1) is 0 Å². The average Bonchev–Trinajstić information content (AvgIpc) is 2.13. The number of halogens is 1. The van der Waals surface area contributed by atoms with Gasteiger partial charge in [-0.25, -0.2) is 0 Å². The molecule has 0 heterocycles. The Bertz CT molecular complexity index is 173. The highest BCUT2D eigenvalue weighted by atomic mass is 79.9. The maximum absolute atomic E-state index is 11.4. The molecule has 0 bridgehead atoms. The van der Waals surface area contributed by atoms with E-state index in [2.05, 4.69) is 41.3 Å². The number of thioether (sulfide) groups is 1. The third kappa shape index (κ3) is 5.57. The van der Waals surface area contributed by atoms with E-state index < -0.39 is 0 Å². The highest BCUT2D eigenvalue weighted by Gasteiger charge is 2.19. The van der Waals surface area contributed by atoms with Gasteiger partial charge >= 0.3 is 0 Å². The Hall–Kier alpha value is 0.300. The molecule has 0 radical (unpaired) electrons. The van der Waals surface area contributed by atoms with Crippen LogP contribution in [0.4, 0.5) is 0 Å². The van der Waals surface area contributed by atoms with Gasteiger partial charge in [0.2, 0.25) is 5.91 Å². The Morgan fingerprint density at radius 3 is 2.54 bits per heavy atom. The van der Waals surface area contributed by atoms with Crippen LogP contribution < -0.4 is 5.32 Å². The number of nitrogens with one attached hydrogen (secondary N) is 1. The van der Waals surface area contributed by atoms with Crippen molar-refractivity contribution < 1.29 is 4.79 Å². The second-order valence-electron chi connectivity index (χ2n) is 3.56. The maximum Gasteiger partial charge on any atom is 0.233 e. The van der Waals surface area contributed by atoms with Gasteiger partial charge in [-0.1, -0.05) is 22.9 Å².